The summed E-state index contributed by atoms with van der Waals surface area (Å²) in [5.74, 6) is -1.04. The van der Waals surface area contributed by atoms with Crippen LogP contribution < -0.4 is 10.6 Å². The van der Waals surface area contributed by atoms with Gasteiger partial charge in [-0.25, -0.2) is 4.79 Å². The number of terminal acetylenes is 1. The molecule has 0 aromatic heterocycles. The summed E-state index contributed by atoms with van der Waals surface area (Å²) in [6.07, 6.45) is 6.66. The Morgan fingerprint density at radius 1 is 1.15 bits per heavy atom. The summed E-state index contributed by atoms with van der Waals surface area (Å²) in [4.78, 5) is 40.0. The number of aryl methyl sites for hydroxylation is 2. The molecule has 0 aliphatic rings. The summed E-state index contributed by atoms with van der Waals surface area (Å²) < 4.78 is 5.25. The van der Waals surface area contributed by atoms with Gasteiger partial charge in [0.05, 0.1) is 0 Å². The van der Waals surface area contributed by atoms with Crippen molar-refractivity contribution in [1.82, 2.24) is 15.5 Å². The van der Waals surface area contributed by atoms with Crippen LogP contribution in [0.5, 0.6) is 0 Å². The molecule has 1 rings (SSSR count). The molecule has 0 radical (unpaired) electrons. The Morgan fingerprint density at radius 2 is 1.73 bits per heavy atom. The lowest BCUT2D eigenvalue weighted by Gasteiger charge is -2.31. The molecule has 7 nitrogen and oxygen atoms in total. The van der Waals surface area contributed by atoms with E-state index in [4.69, 9.17) is 11.2 Å². The molecular formula is C25H37N3O4S. The van der Waals surface area contributed by atoms with Gasteiger partial charge in [0.2, 0.25) is 5.91 Å². The Labute approximate surface area is 203 Å². The molecule has 0 aliphatic heterocycles. The van der Waals surface area contributed by atoms with Gasteiger partial charge in [0.1, 0.15) is 17.7 Å². The maximum atomic E-state index is 13.4. The Bertz CT molecular complexity index is 868. The van der Waals surface area contributed by atoms with E-state index in [0.29, 0.717) is 5.56 Å². The van der Waals surface area contributed by atoms with E-state index in [2.05, 4.69) is 29.3 Å². The third-order valence-electron chi connectivity index (χ3n) is 4.72. The highest BCUT2D eigenvalue weighted by Gasteiger charge is 2.36. The van der Waals surface area contributed by atoms with Crippen molar-refractivity contribution in [3.63, 3.8) is 0 Å². The molecule has 3 amide bonds. The lowest BCUT2D eigenvalue weighted by atomic mass is 9.98. The quantitative estimate of drug-likeness (QED) is 0.287. The largest absolute Gasteiger partial charge is 0.444 e. The van der Waals surface area contributed by atoms with Gasteiger partial charge in [-0.3, -0.25) is 14.5 Å². The second kappa shape index (κ2) is 12.5. The summed E-state index contributed by atoms with van der Waals surface area (Å²) >= 11 is 4.21. The van der Waals surface area contributed by atoms with Crippen LogP contribution in [-0.2, 0) is 14.3 Å². The molecule has 0 spiro atoms. The van der Waals surface area contributed by atoms with Gasteiger partial charge in [0.25, 0.3) is 5.91 Å². The van der Waals surface area contributed by atoms with Gasteiger partial charge in [0.15, 0.2) is 0 Å². The third-order valence-corrected chi connectivity index (χ3v) is 5.09. The van der Waals surface area contributed by atoms with Gasteiger partial charge in [-0.05, 0) is 53.5 Å². The maximum absolute atomic E-state index is 13.4. The van der Waals surface area contributed by atoms with E-state index in [9.17, 15) is 14.4 Å². The number of carbonyl (C=O) groups is 3. The Morgan fingerprint density at radius 3 is 2.18 bits per heavy atom. The second-order valence-corrected chi connectivity index (χ2v) is 9.61. The lowest BCUT2D eigenvalue weighted by Crippen LogP contribution is -2.52. The minimum Gasteiger partial charge on any atom is -0.444 e. The molecule has 0 heterocycles. The molecule has 3 unspecified atom stereocenters. The average molecular weight is 476 g/mol. The zero-order chi connectivity index (χ0) is 25.3. The van der Waals surface area contributed by atoms with Crippen LogP contribution in [0.4, 0.5) is 4.79 Å². The van der Waals surface area contributed by atoms with Gasteiger partial charge in [-0.15, -0.1) is 0 Å². The SMILES string of the molecule is C#CN(C(=O)C(CS)NC(=O)OC(C)(C)C)C(C(=O)NC(C)CCC)c1cc(C)cc(C)c1. The van der Waals surface area contributed by atoms with Crippen molar-refractivity contribution >= 4 is 30.5 Å². The van der Waals surface area contributed by atoms with Crippen LogP contribution in [0.25, 0.3) is 0 Å². The molecule has 33 heavy (non-hydrogen) atoms. The highest BCUT2D eigenvalue weighted by atomic mass is 32.1. The number of ether oxygens (including phenoxy) is 1. The van der Waals surface area contributed by atoms with Crippen molar-refractivity contribution < 1.29 is 19.1 Å². The molecular weight excluding hydrogens is 438 g/mol. The summed E-state index contributed by atoms with van der Waals surface area (Å²) in [5, 5.41) is 5.47. The molecule has 3 atom stereocenters. The predicted octanol–water partition coefficient (Wildman–Crippen LogP) is 3.89. The maximum Gasteiger partial charge on any atom is 0.408 e. The monoisotopic (exact) mass is 475 g/mol. The van der Waals surface area contributed by atoms with E-state index < -0.39 is 29.7 Å². The van der Waals surface area contributed by atoms with Crippen molar-refractivity contribution in [3.05, 3.63) is 34.9 Å². The molecule has 0 saturated carbocycles. The van der Waals surface area contributed by atoms with Crippen molar-refractivity contribution in [1.29, 1.82) is 0 Å². The average Bonchev–Trinajstić information content (AvgIpc) is 2.67. The number of rotatable bonds is 9. The van der Waals surface area contributed by atoms with Crippen molar-refractivity contribution in [2.24, 2.45) is 0 Å². The number of carbonyl (C=O) groups excluding carboxylic acids is 3. The van der Waals surface area contributed by atoms with E-state index in [1.54, 1.807) is 20.8 Å². The molecule has 2 N–H and O–H groups in total. The zero-order valence-corrected chi connectivity index (χ0v) is 21.6. The van der Waals surface area contributed by atoms with Gasteiger partial charge in [0, 0.05) is 17.8 Å². The van der Waals surface area contributed by atoms with Crippen molar-refractivity contribution in [2.45, 2.75) is 85.0 Å². The van der Waals surface area contributed by atoms with Crippen LogP contribution in [0.2, 0.25) is 0 Å². The van der Waals surface area contributed by atoms with Gasteiger partial charge in [-0.1, -0.05) is 49.1 Å². The number of hydrogen-bond acceptors (Lipinski definition) is 5. The molecule has 0 saturated heterocycles. The van der Waals surface area contributed by atoms with Crippen LogP contribution in [-0.4, -0.2) is 46.2 Å². The molecule has 1 aromatic carbocycles. The highest BCUT2D eigenvalue weighted by molar-refractivity contribution is 7.80. The minimum absolute atomic E-state index is 0.0241. The van der Waals surface area contributed by atoms with Crippen molar-refractivity contribution in [3.8, 4) is 12.5 Å². The standard InChI is InChI=1S/C25H37N3O4S/c1-9-11-18(5)26-22(29)21(19-13-16(3)12-17(4)14-19)28(10-2)23(30)20(15-33)27-24(31)32-25(6,7)8/h2,12-14,18,20-21,33H,9,11,15H2,1,3-8H3,(H,26,29)(H,27,31). The highest BCUT2D eigenvalue weighted by Crippen LogP contribution is 2.25. The van der Waals surface area contributed by atoms with Crippen LogP contribution in [0, 0.1) is 26.3 Å². The predicted molar refractivity (Wildman–Crippen MR) is 134 cm³/mol. The first-order valence-corrected chi connectivity index (χ1v) is 11.7. The first kappa shape index (κ1) is 28.4. The fraction of sp³-hybridized carbons (Fsp3) is 0.560. The Kier molecular flexibility index (Phi) is 10.8. The van der Waals surface area contributed by atoms with Gasteiger partial charge >= 0.3 is 6.09 Å². The minimum atomic E-state index is -1.08. The smallest absolute Gasteiger partial charge is 0.408 e. The second-order valence-electron chi connectivity index (χ2n) is 9.24. The summed E-state index contributed by atoms with van der Waals surface area (Å²) in [5.41, 5.74) is 1.73. The fourth-order valence-corrected chi connectivity index (χ4v) is 3.73. The molecule has 0 aliphatic carbocycles. The number of nitrogens with one attached hydrogen (secondary N) is 2. The Balaban J connectivity index is 3.34. The summed E-state index contributed by atoms with van der Waals surface area (Å²) in [6.45, 7) is 12.9. The van der Waals surface area contributed by atoms with E-state index >= 15 is 0 Å². The number of nitrogens with zero attached hydrogens (tertiary/aromatic N) is 1. The Hall–Kier alpha value is -2.66. The topological polar surface area (TPSA) is 87.7 Å². The van der Waals surface area contributed by atoms with E-state index in [1.165, 1.54) is 0 Å². The molecule has 182 valence electrons. The number of benzene rings is 1. The normalized spacial score (nSPS) is 13.8. The van der Waals surface area contributed by atoms with Crippen LogP contribution in [0.3, 0.4) is 0 Å². The number of amides is 3. The zero-order valence-electron chi connectivity index (χ0n) is 20.7. The van der Waals surface area contributed by atoms with Gasteiger partial charge < -0.3 is 15.4 Å². The molecule has 0 fully saturated rings. The van der Waals surface area contributed by atoms with Crippen molar-refractivity contribution in [2.75, 3.05) is 5.75 Å². The first-order chi connectivity index (χ1) is 15.3. The first-order valence-electron chi connectivity index (χ1n) is 11.1. The number of alkyl carbamates (subject to hydrolysis) is 1. The van der Waals surface area contributed by atoms with E-state index in [0.717, 1.165) is 28.9 Å². The lowest BCUT2D eigenvalue weighted by molar-refractivity contribution is -0.138. The molecule has 0 bridgehead atoms. The summed E-state index contributed by atoms with van der Waals surface area (Å²) in [6, 6.07) is 5.76. The number of thiol groups is 1. The fourth-order valence-electron chi connectivity index (χ4n) is 3.48. The van der Waals surface area contributed by atoms with E-state index in [-0.39, 0.29) is 17.7 Å². The van der Waals surface area contributed by atoms with E-state index in [1.807, 2.05) is 45.9 Å². The van der Waals surface area contributed by atoms with Crippen LogP contribution in [0.15, 0.2) is 18.2 Å². The number of hydrogen-bond donors (Lipinski definition) is 3. The molecule has 8 heteroatoms. The van der Waals surface area contributed by atoms with Gasteiger partial charge in [-0.2, -0.15) is 12.6 Å². The third kappa shape index (κ3) is 9.01. The summed E-state index contributed by atoms with van der Waals surface area (Å²) in [7, 11) is 0. The van der Waals surface area contributed by atoms with Crippen LogP contribution >= 0.6 is 12.6 Å². The van der Waals surface area contributed by atoms with Crippen LogP contribution in [0.1, 0.15) is 70.2 Å². The molecule has 1 aromatic rings.